The summed E-state index contributed by atoms with van der Waals surface area (Å²) in [5.41, 5.74) is 0. The van der Waals surface area contributed by atoms with Crippen molar-refractivity contribution in [3.8, 4) is 0 Å². The summed E-state index contributed by atoms with van der Waals surface area (Å²) in [4.78, 5) is 0. The Morgan fingerprint density at radius 1 is 2.00 bits per heavy atom. The van der Waals surface area contributed by atoms with Gasteiger partial charge in [0.1, 0.15) is 10.5 Å². The van der Waals surface area contributed by atoms with Crippen molar-refractivity contribution >= 4 is 20.4 Å². The zero-order chi connectivity index (χ0) is 4.12. The molecule has 0 radical (unpaired) electrons. The van der Waals surface area contributed by atoms with Crippen LogP contribution in [0.25, 0.3) is 0 Å². The van der Waals surface area contributed by atoms with E-state index in [9.17, 15) is 0 Å². The van der Waals surface area contributed by atoms with Crippen LogP contribution in [0.3, 0.4) is 0 Å². The summed E-state index contributed by atoms with van der Waals surface area (Å²) in [6.45, 7) is 0. The minimum absolute atomic E-state index is 0.478. The lowest BCUT2D eigenvalue weighted by molar-refractivity contribution is 0.641. The minimum Gasteiger partial charge on any atom is -0.457 e. The largest absolute Gasteiger partial charge is 0.457 e. The highest BCUT2D eigenvalue weighted by Crippen LogP contribution is 1.37. The van der Waals surface area contributed by atoms with Gasteiger partial charge in [0, 0.05) is 0 Å². The SMILES string of the molecule is NN[SiH2]O[SiH3]. The minimum atomic E-state index is -0.478. The van der Waals surface area contributed by atoms with Gasteiger partial charge >= 0.3 is 0 Å². The molecule has 0 aromatic rings. The molecule has 0 aliphatic heterocycles. The average Bonchev–Trinajstić information content (AvgIpc) is 1.41. The zero-order valence-electron chi connectivity index (χ0n) is 3.19. The van der Waals surface area contributed by atoms with Gasteiger partial charge in [0.15, 0.2) is 0 Å². The smallest absolute Gasteiger partial charge is 0.237 e. The Balaban J connectivity index is 2.19. The predicted molar refractivity (Wildman–Crippen MR) is 26.9 cm³/mol. The molecule has 0 saturated heterocycles. The normalized spacial score (nSPS) is 11.4. The quantitative estimate of drug-likeness (QED) is 0.222. The molecule has 3 N–H and O–H groups in total. The Morgan fingerprint density at radius 2 is 2.60 bits per heavy atom. The molecule has 0 unspecified atom stereocenters. The number of hydrogen-bond donors (Lipinski definition) is 2. The lowest BCUT2D eigenvalue weighted by atomic mass is 13.0. The number of hydrogen-bond acceptors (Lipinski definition) is 3. The lowest BCUT2D eigenvalue weighted by Gasteiger charge is -1.87. The van der Waals surface area contributed by atoms with Crippen LogP contribution in [-0.2, 0) is 4.12 Å². The summed E-state index contributed by atoms with van der Waals surface area (Å²) >= 11 is 0. The van der Waals surface area contributed by atoms with Gasteiger partial charge in [-0.25, -0.2) is 0 Å². The zero-order valence-corrected chi connectivity index (χ0v) is 6.61. The number of rotatable bonds is 2. The molecule has 0 atom stereocenters. The predicted octanol–water partition coefficient (Wildman–Crippen LogP) is -3.25. The fourth-order valence-corrected chi connectivity index (χ4v) is 0.750. The van der Waals surface area contributed by atoms with Crippen molar-refractivity contribution in [2.75, 3.05) is 0 Å². The van der Waals surface area contributed by atoms with E-state index in [4.69, 9.17) is 9.96 Å². The van der Waals surface area contributed by atoms with Gasteiger partial charge in [-0.2, -0.15) is 0 Å². The van der Waals surface area contributed by atoms with Crippen molar-refractivity contribution < 1.29 is 4.12 Å². The standard InChI is InChI=1S/H8N2OSi2/c1-2-5-3-4/h2H,1,5H2,4H3. The summed E-state index contributed by atoms with van der Waals surface area (Å²) in [7, 11) is 0.340. The molecule has 5 heteroatoms. The van der Waals surface area contributed by atoms with Crippen LogP contribution in [0.5, 0.6) is 0 Å². The van der Waals surface area contributed by atoms with Crippen LogP contribution < -0.4 is 10.9 Å². The molecule has 0 heterocycles. The first-order valence-electron chi connectivity index (χ1n) is 1.34. The highest BCUT2D eigenvalue weighted by molar-refractivity contribution is 6.31. The average molecular weight is 108 g/mol. The Kier molecular flexibility index (Phi) is 4.58. The number of nitrogens with two attached hydrogens (primary N) is 1. The first kappa shape index (κ1) is 5.31. The molecular formula is H8N2OSi2. The molecule has 5 heavy (non-hydrogen) atoms. The van der Waals surface area contributed by atoms with Gasteiger partial charge in [0.05, 0.1) is 0 Å². The van der Waals surface area contributed by atoms with Crippen LogP contribution in [0.1, 0.15) is 0 Å². The second-order valence-corrected chi connectivity index (χ2v) is 3.64. The molecule has 0 aromatic heterocycles. The van der Waals surface area contributed by atoms with Crippen LogP contribution >= 0.6 is 0 Å². The van der Waals surface area contributed by atoms with Crippen molar-refractivity contribution in [2.24, 2.45) is 5.84 Å². The number of hydrazine groups is 1. The van der Waals surface area contributed by atoms with E-state index in [1.807, 2.05) is 0 Å². The third kappa shape index (κ3) is 4.31. The molecule has 0 fully saturated rings. The van der Waals surface area contributed by atoms with Gasteiger partial charge in [0.25, 0.3) is 0 Å². The number of nitrogens with one attached hydrogen (secondary N) is 1. The third-order valence-electron chi connectivity index (χ3n) is 0.228. The van der Waals surface area contributed by atoms with Crippen molar-refractivity contribution in [1.29, 1.82) is 0 Å². The van der Waals surface area contributed by atoms with E-state index in [2.05, 4.69) is 5.09 Å². The molecule has 0 rings (SSSR count). The molecular weight excluding hydrogens is 100 g/mol. The Bertz CT molecular complexity index is 15.1. The Hall–Kier alpha value is 0.314. The molecule has 32 valence electrons. The molecule has 3 nitrogen and oxygen atoms in total. The molecule has 0 saturated carbocycles. The van der Waals surface area contributed by atoms with E-state index < -0.39 is 9.92 Å². The lowest BCUT2D eigenvalue weighted by Crippen LogP contribution is -2.27. The van der Waals surface area contributed by atoms with Gasteiger partial charge in [-0.15, -0.1) is 0 Å². The Labute approximate surface area is 36.4 Å². The molecule has 0 bridgehead atoms. The van der Waals surface area contributed by atoms with Crippen LogP contribution in [0.2, 0.25) is 0 Å². The van der Waals surface area contributed by atoms with Gasteiger partial charge in [-0.05, 0) is 0 Å². The van der Waals surface area contributed by atoms with Gasteiger partial charge in [-0.3, -0.25) is 10.9 Å². The summed E-state index contributed by atoms with van der Waals surface area (Å²) in [5, 5.41) is 2.47. The summed E-state index contributed by atoms with van der Waals surface area (Å²) < 4.78 is 4.73. The van der Waals surface area contributed by atoms with Crippen molar-refractivity contribution in [3.63, 3.8) is 0 Å². The van der Waals surface area contributed by atoms with E-state index in [0.717, 1.165) is 10.5 Å². The van der Waals surface area contributed by atoms with Crippen molar-refractivity contribution in [1.82, 2.24) is 5.09 Å². The maximum absolute atomic E-state index is 4.85. The molecule has 0 aromatic carbocycles. The van der Waals surface area contributed by atoms with E-state index in [0.29, 0.717) is 0 Å². The van der Waals surface area contributed by atoms with Crippen LogP contribution in [0.4, 0.5) is 0 Å². The maximum atomic E-state index is 4.85. The van der Waals surface area contributed by atoms with Crippen molar-refractivity contribution in [3.05, 3.63) is 0 Å². The van der Waals surface area contributed by atoms with Gasteiger partial charge in [-0.1, -0.05) is 0 Å². The van der Waals surface area contributed by atoms with Crippen molar-refractivity contribution in [2.45, 2.75) is 0 Å². The summed E-state index contributed by atoms with van der Waals surface area (Å²) in [5.74, 6) is 4.85. The summed E-state index contributed by atoms with van der Waals surface area (Å²) in [6.07, 6.45) is 0. The first-order valence-corrected chi connectivity index (χ1v) is 3.44. The van der Waals surface area contributed by atoms with Crippen LogP contribution in [-0.4, -0.2) is 20.4 Å². The van der Waals surface area contributed by atoms with E-state index in [-0.39, 0.29) is 0 Å². The van der Waals surface area contributed by atoms with Gasteiger partial charge in [0.2, 0.25) is 9.92 Å². The highest BCUT2D eigenvalue weighted by Gasteiger charge is 1.65. The fraction of sp³-hybridized carbons (Fsp3) is 0. The van der Waals surface area contributed by atoms with Crippen LogP contribution in [0, 0.1) is 0 Å². The maximum Gasteiger partial charge on any atom is 0.237 e. The first-order chi connectivity index (χ1) is 2.41. The highest BCUT2D eigenvalue weighted by atomic mass is 28.3. The molecule has 0 amide bonds. The second-order valence-electron chi connectivity index (χ2n) is 0.637. The van der Waals surface area contributed by atoms with E-state index >= 15 is 0 Å². The molecule has 0 aliphatic rings. The Morgan fingerprint density at radius 3 is 2.60 bits per heavy atom. The van der Waals surface area contributed by atoms with E-state index in [1.54, 1.807) is 0 Å². The van der Waals surface area contributed by atoms with Crippen LogP contribution in [0.15, 0.2) is 0 Å². The third-order valence-corrected chi connectivity index (χ3v) is 1.55. The second kappa shape index (κ2) is 4.31. The molecule has 0 spiro atoms. The fourth-order valence-electron chi connectivity index (χ4n) is 0.0833. The molecule has 0 aliphatic carbocycles. The summed E-state index contributed by atoms with van der Waals surface area (Å²) in [6, 6.07) is 0. The topological polar surface area (TPSA) is 47.3 Å². The monoisotopic (exact) mass is 108 g/mol. The van der Waals surface area contributed by atoms with Gasteiger partial charge < -0.3 is 4.12 Å². The van der Waals surface area contributed by atoms with E-state index in [1.165, 1.54) is 0 Å².